The molecule has 0 bridgehead atoms. The van der Waals surface area contributed by atoms with Gasteiger partial charge in [-0.3, -0.25) is 4.79 Å². The Bertz CT molecular complexity index is 294. The van der Waals surface area contributed by atoms with E-state index < -0.39 is 5.97 Å². The lowest BCUT2D eigenvalue weighted by atomic mass is 10.1. The lowest BCUT2D eigenvalue weighted by Gasteiger charge is -2.00. The topological polar surface area (TPSA) is 37.3 Å². The van der Waals surface area contributed by atoms with Crippen LogP contribution in [0.3, 0.4) is 0 Å². The Morgan fingerprint density at radius 3 is 2.11 bits per heavy atom. The molecule has 0 unspecified atom stereocenters. The Morgan fingerprint density at radius 2 is 1.53 bits per heavy atom. The van der Waals surface area contributed by atoms with Gasteiger partial charge in [0.2, 0.25) is 0 Å². The minimum absolute atomic E-state index is 0.325. The van der Waals surface area contributed by atoms with E-state index in [1.165, 1.54) is 38.5 Å². The quantitative estimate of drug-likeness (QED) is 0.326. The zero-order valence-corrected chi connectivity index (χ0v) is 12.3. The second kappa shape index (κ2) is 14.8. The summed E-state index contributed by atoms with van der Waals surface area (Å²) >= 11 is 0. The van der Waals surface area contributed by atoms with Crippen molar-refractivity contribution in [1.29, 1.82) is 0 Å². The van der Waals surface area contributed by atoms with Crippen molar-refractivity contribution in [3.63, 3.8) is 0 Å². The molecule has 108 valence electrons. The summed E-state index contributed by atoms with van der Waals surface area (Å²) in [6.07, 6.45) is 15.7. The Morgan fingerprint density at radius 1 is 0.947 bits per heavy atom. The minimum atomic E-state index is -0.671. The number of hydrogen-bond donors (Lipinski definition) is 1. The zero-order chi connectivity index (χ0) is 14.2. The predicted molar refractivity (Wildman–Crippen MR) is 81.0 cm³/mol. The van der Waals surface area contributed by atoms with E-state index in [-0.39, 0.29) is 0 Å². The molecule has 0 saturated heterocycles. The third-order valence-corrected chi connectivity index (χ3v) is 3.02. The number of aliphatic carboxylic acids is 1. The average molecular weight is 264 g/mol. The van der Waals surface area contributed by atoms with Crippen molar-refractivity contribution in [1.82, 2.24) is 0 Å². The Kier molecular flexibility index (Phi) is 13.9. The molecule has 0 aliphatic carbocycles. The van der Waals surface area contributed by atoms with Crippen LogP contribution in [0.15, 0.2) is 12.2 Å². The minimum Gasteiger partial charge on any atom is -0.481 e. The molecule has 0 amide bonds. The van der Waals surface area contributed by atoms with E-state index in [1.807, 2.05) is 13.0 Å². The third kappa shape index (κ3) is 16.8. The maximum atomic E-state index is 10.3. The van der Waals surface area contributed by atoms with Crippen molar-refractivity contribution in [2.45, 2.75) is 77.6 Å². The smallest absolute Gasteiger partial charge is 0.303 e. The first-order valence-corrected chi connectivity index (χ1v) is 7.56. The van der Waals surface area contributed by atoms with Crippen LogP contribution in [0.2, 0.25) is 0 Å². The lowest BCUT2D eigenvalue weighted by molar-refractivity contribution is -0.137. The first-order valence-electron chi connectivity index (χ1n) is 7.56. The molecule has 0 rings (SSSR count). The first kappa shape index (κ1) is 17.8. The van der Waals surface area contributed by atoms with Crippen molar-refractivity contribution >= 4 is 5.97 Å². The van der Waals surface area contributed by atoms with Gasteiger partial charge in [0.15, 0.2) is 0 Å². The van der Waals surface area contributed by atoms with Crippen LogP contribution >= 0.6 is 0 Å². The molecule has 0 aliphatic heterocycles. The van der Waals surface area contributed by atoms with Gasteiger partial charge in [-0.2, -0.15) is 0 Å². The molecule has 19 heavy (non-hydrogen) atoms. The van der Waals surface area contributed by atoms with Gasteiger partial charge in [0, 0.05) is 19.3 Å². The SMILES string of the molecule is C/C=C/CC#CCCCCCCCCCCC(=O)O. The first-order chi connectivity index (χ1) is 9.27. The van der Waals surface area contributed by atoms with E-state index in [1.54, 1.807) is 0 Å². The molecule has 0 atom stereocenters. The van der Waals surface area contributed by atoms with Crippen LogP contribution < -0.4 is 0 Å². The Balaban J connectivity index is 3.10. The van der Waals surface area contributed by atoms with E-state index in [0.717, 1.165) is 25.7 Å². The maximum absolute atomic E-state index is 10.3. The highest BCUT2D eigenvalue weighted by Gasteiger charge is 1.96. The van der Waals surface area contributed by atoms with Crippen LogP contribution in [0, 0.1) is 11.8 Å². The van der Waals surface area contributed by atoms with E-state index in [0.29, 0.717) is 6.42 Å². The van der Waals surface area contributed by atoms with Gasteiger partial charge >= 0.3 is 5.97 Å². The van der Waals surface area contributed by atoms with Crippen molar-refractivity contribution in [3.8, 4) is 11.8 Å². The normalized spacial score (nSPS) is 10.4. The Hall–Kier alpha value is -1.23. The molecule has 0 fully saturated rings. The predicted octanol–water partition coefficient (Wildman–Crippen LogP) is 4.94. The Labute approximate surface area is 118 Å². The summed E-state index contributed by atoms with van der Waals surface area (Å²) in [4.78, 5) is 10.3. The van der Waals surface area contributed by atoms with Gasteiger partial charge in [0.25, 0.3) is 0 Å². The van der Waals surface area contributed by atoms with Gasteiger partial charge in [-0.05, 0) is 19.8 Å². The summed E-state index contributed by atoms with van der Waals surface area (Å²) < 4.78 is 0. The number of rotatable bonds is 11. The fraction of sp³-hybridized carbons (Fsp3) is 0.706. The molecule has 0 radical (unpaired) electrons. The molecule has 0 saturated carbocycles. The van der Waals surface area contributed by atoms with Gasteiger partial charge in [-0.15, -0.1) is 5.92 Å². The van der Waals surface area contributed by atoms with Crippen molar-refractivity contribution in [3.05, 3.63) is 12.2 Å². The summed E-state index contributed by atoms with van der Waals surface area (Å²) in [5.41, 5.74) is 0. The van der Waals surface area contributed by atoms with Crippen LogP contribution in [0.5, 0.6) is 0 Å². The van der Waals surface area contributed by atoms with Gasteiger partial charge in [0.05, 0.1) is 0 Å². The molecule has 0 aromatic heterocycles. The molecular weight excluding hydrogens is 236 g/mol. The standard InChI is InChI=1S/C17H28O2/c1-2-3-4-5-6-7-8-9-10-11-12-13-14-15-16-17(18)19/h2-3H,4,7-16H2,1H3,(H,18,19)/b3-2+. The number of carbonyl (C=O) groups is 1. The van der Waals surface area contributed by atoms with Crippen LogP contribution in [0.25, 0.3) is 0 Å². The van der Waals surface area contributed by atoms with E-state index in [9.17, 15) is 4.79 Å². The van der Waals surface area contributed by atoms with Gasteiger partial charge in [-0.1, -0.05) is 56.6 Å². The molecule has 0 spiro atoms. The van der Waals surface area contributed by atoms with Gasteiger partial charge < -0.3 is 5.11 Å². The number of unbranched alkanes of at least 4 members (excludes halogenated alkanes) is 8. The van der Waals surface area contributed by atoms with Gasteiger partial charge in [-0.25, -0.2) is 0 Å². The highest BCUT2D eigenvalue weighted by Crippen LogP contribution is 2.10. The van der Waals surface area contributed by atoms with E-state index in [4.69, 9.17) is 5.11 Å². The largest absolute Gasteiger partial charge is 0.481 e. The average Bonchev–Trinajstić information content (AvgIpc) is 2.39. The highest BCUT2D eigenvalue weighted by atomic mass is 16.4. The number of carboxylic acids is 1. The zero-order valence-electron chi connectivity index (χ0n) is 12.3. The molecule has 0 aromatic rings. The van der Waals surface area contributed by atoms with Crippen molar-refractivity contribution in [2.75, 3.05) is 0 Å². The molecule has 2 heteroatoms. The number of carboxylic acid groups (broad SMARTS) is 1. The highest BCUT2D eigenvalue weighted by molar-refractivity contribution is 5.66. The number of allylic oxidation sites excluding steroid dienone is 2. The van der Waals surface area contributed by atoms with Crippen molar-refractivity contribution < 1.29 is 9.90 Å². The summed E-state index contributed by atoms with van der Waals surface area (Å²) in [7, 11) is 0. The summed E-state index contributed by atoms with van der Waals surface area (Å²) in [6, 6.07) is 0. The summed E-state index contributed by atoms with van der Waals surface area (Å²) in [6.45, 7) is 2.02. The fourth-order valence-corrected chi connectivity index (χ4v) is 1.89. The van der Waals surface area contributed by atoms with Crippen LogP contribution in [-0.2, 0) is 4.79 Å². The van der Waals surface area contributed by atoms with Crippen LogP contribution in [0.4, 0.5) is 0 Å². The molecule has 0 heterocycles. The maximum Gasteiger partial charge on any atom is 0.303 e. The van der Waals surface area contributed by atoms with E-state index in [2.05, 4.69) is 17.9 Å². The third-order valence-electron chi connectivity index (χ3n) is 3.02. The molecule has 2 nitrogen and oxygen atoms in total. The van der Waals surface area contributed by atoms with Gasteiger partial charge in [0.1, 0.15) is 0 Å². The molecular formula is C17H28O2. The van der Waals surface area contributed by atoms with E-state index >= 15 is 0 Å². The molecule has 0 aliphatic rings. The van der Waals surface area contributed by atoms with Crippen LogP contribution in [-0.4, -0.2) is 11.1 Å². The fourth-order valence-electron chi connectivity index (χ4n) is 1.89. The second-order valence-electron chi connectivity index (χ2n) is 4.85. The summed E-state index contributed by atoms with van der Waals surface area (Å²) in [5, 5.41) is 8.49. The van der Waals surface area contributed by atoms with Crippen LogP contribution in [0.1, 0.15) is 77.6 Å². The van der Waals surface area contributed by atoms with Crippen molar-refractivity contribution in [2.24, 2.45) is 0 Å². The second-order valence-corrected chi connectivity index (χ2v) is 4.85. The monoisotopic (exact) mass is 264 g/mol. The molecule has 0 aromatic carbocycles. The summed E-state index contributed by atoms with van der Waals surface area (Å²) in [5.74, 6) is 5.66. The number of hydrogen-bond acceptors (Lipinski definition) is 1. The molecule has 1 N–H and O–H groups in total. The lowest BCUT2D eigenvalue weighted by Crippen LogP contribution is -1.93.